The zero-order chi connectivity index (χ0) is 30.9. The van der Waals surface area contributed by atoms with Crippen molar-refractivity contribution >= 4 is 37.2 Å². The van der Waals surface area contributed by atoms with Crippen LogP contribution >= 0.6 is 22.9 Å². The highest BCUT2D eigenvalue weighted by Crippen LogP contribution is 2.44. The molecule has 0 spiro atoms. The van der Waals surface area contributed by atoms with Crippen molar-refractivity contribution in [3.05, 3.63) is 34.0 Å². The van der Waals surface area contributed by atoms with Crippen molar-refractivity contribution in [2.24, 2.45) is 17.8 Å². The van der Waals surface area contributed by atoms with Gasteiger partial charge in [0.2, 0.25) is 0 Å². The maximum Gasteiger partial charge on any atom is 0.348 e. The van der Waals surface area contributed by atoms with E-state index in [9.17, 15) is 14.7 Å². The zero-order valence-corrected chi connectivity index (χ0v) is 29.2. The number of halogens is 1. The summed E-state index contributed by atoms with van der Waals surface area (Å²) in [6, 6.07) is 3.85. The molecule has 1 aromatic heterocycles. The Hall–Kier alpha value is -0.743. The number of aliphatic hydroxyl groups excluding tert-OH is 1. The van der Waals surface area contributed by atoms with Gasteiger partial charge in [0.05, 0.1) is 19.3 Å². The molecule has 0 aromatic carbocycles. The van der Waals surface area contributed by atoms with Gasteiger partial charge in [0, 0.05) is 22.8 Å². The van der Waals surface area contributed by atoms with E-state index in [1.54, 1.807) is 0 Å². The number of esters is 1. The first kappa shape index (κ1) is 35.7. The fourth-order valence-electron chi connectivity index (χ4n) is 6.36. The van der Waals surface area contributed by atoms with Gasteiger partial charge in [0.1, 0.15) is 4.88 Å². The molecule has 42 heavy (non-hydrogen) atoms. The fraction of sp³-hybridized carbons (Fsp3) is 0.788. The summed E-state index contributed by atoms with van der Waals surface area (Å²) in [6.45, 7) is 11.4. The molecule has 240 valence electrons. The van der Waals surface area contributed by atoms with Crippen LogP contribution in [-0.2, 0) is 20.6 Å². The number of thiophene rings is 1. The molecule has 2 heterocycles. The molecular formula is C33H55ClO6SSi. The van der Waals surface area contributed by atoms with Crippen LogP contribution in [0, 0.1) is 17.8 Å². The average Bonchev–Trinajstić information content (AvgIpc) is 3.51. The summed E-state index contributed by atoms with van der Waals surface area (Å²) in [7, 11) is -0.808. The second-order valence-electron chi connectivity index (χ2n) is 13.7. The lowest BCUT2D eigenvalue weighted by Gasteiger charge is -2.37. The van der Waals surface area contributed by atoms with Crippen LogP contribution in [0.25, 0.3) is 0 Å². The van der Waals surface area contributed by atoms with Gasteiger partial charge >= 0.3 is 5.97 Å². The molecular weight excluding hydrogens is 588 g/mol. The van der Waals surface area contributed by atoms with Crippen LogP contribution in [-0.4, -0.2) is 61.8 Å². The molecule has 9 heteroatoms. The Morgan fingerprint density at radius 2 is 2.02 bits per heavy atom. The van der Waals surface area contributed by atoms with Gasteiger partial charge in [-0.25, -0.2) is 4.79 Å². The molecule has 0 bridgehead atoms. The van der Waals surface area contributed by atoms with Crippen LogP contribution in [0.15, 0.2) is 24.3 Å². The third-order valence-corrected chi connectivity index (χ3v) is 14.7. The van der Waals surface area contributed by atoms with Crippen LogP contribution in [0.2, 0.25) is 18.1 Å². The van der Waals surface area contributed by atoms with E-state index < -0.39 is 14.4 Å². The van der Waals surface area contributed by atoms with Gasteiger partial charge in [0.15, 0.2) is 14.6 Å². The van der Waals surface area contributed by atoms with Crippen molar-refractivity contribution in [2.45, 2.75) is 133 Å². The Morgan fingerprint density at radius 1 is 1.26 bits per heavy atom. The van der Waals surface area contributed by atoms with E-state index in [0.717, 1.165) is 77.2 Å². The van der Waals surface area contributed by atoms with Crippen molar-refractivity contribution in [2.75, 3.05) is 13.7 Å². The van der Waals surface area contributed by atoms with Crippen molar-refractivity contribution in [3.63, 3.8) is 0 Å². The van der Waals surface area contributed by atoms with Gasteiger partial charge in [-0.05, 0) is 99.9 Å². The number of carbonyl (C=O) groups excluding carboxylic acids is 1. The smallest absolute Gasteiger partial charge is 0.348 e. The van der Waals surface area contributed by atoms with Crippen molar-refractivity contribution in [1.82, 2.24) is 0 Å². The molecule has 1 aromatic rings. The minimum Gasteiger partial charge on any atom is -0.465 e. The largest absolute Gasteiger partial charge is 0.465 e. The number of alkyl halides is 1. The third kappa shape index (κ3) is 10.7. The summed E-state index contributed by atoms with van der Waals surface area (Å²) in [4.78, 5) is 24.3. The average molecular weight is 643 g/mol. The fourth-order valence-corrected chi connectivity index (χ4v) is 8.64. The molecule has 1 saturated heterocycles. The molecule has 6 nitrogen and oxygen atoms in total. The van der Waals surface area contributed by atoms with E-state index in [1.807, 2.05) is 31.3 Å². The highest BCUT2D eigenvalue weighted by molar-refractivity contribution is 7.13. The predicted octanol–water partition coefficient (Wildman–Crippen LogP) is 8.10. The van der Waals surface area contributed by atoms with Gasteiger partial charge in [-0.3, -0.25) is 0 Å². The van der Waals surface area contributed by atoms with Gasteiger partial charge in [-0.2, -0.15) is 0 Å². The predicted molar refractivity (Wildman–Crippen MR) is 175 cm³/mol. The molecule has 1 aliphatic carbocycles. The van der Waals surface area contributed by atoms with Crippen LogP contribution in [0.4, 0.5) is 0 Å². The monoisotopic (exact) mass is 642 g/mol. The SMILES string of the molecule is COC(=O)c1ccc(CCC[C@@H]2[C@@H](/C=C/[C@@H](O)CCC[C@H](C)CC(C)(C)[Si](C)(C)O)[C@H](OC3CCCCO3)C[C@H]2Cl)s1. The number of methoxy groups -OCH3 is 1. The van der Waals surface area contributed by atoms with E-state index in [-0.39, 0.29) is 40.6 Å². The Morgan fingerprint density at radius 3 is 2.69 bits per heavy atom. The lowest BCUT2D eigenvalue weighted by molar-refractivity contribution is -0.192. The molecule has 2 fully saturated rings. The maximum atomic E-state index is 11.8. The van der Waals surface area contributed by atoms with E-state index in [1.165, 1.54) is 23.3 Å². The summed E-state index contributed by atoms with van der Waals surface area (Å²) in [5.41, 5.74) is 0. The maximum absolute atomic E-state index is 11.8. The van der Waals surface area contributed by atoms with Gasteiger partial charge in [-0.1, -0.05) is 45.8 Å². The Kier molecular flexibility index (Phi) is 14.1. The van der Waals surface area contributed by atoms with Crippen molar-refractivity contribution < 1.29 is 28.9 Å². The second kappa shape index (κ2) is 16.5. The molecule has 1 saturated carbocycles. The van der Waals surface area contributed by atoms with Gasteiger partial charge in [0.25, 0.3) is 0 Å². The van der Waals surface area contributed by atoms with E-state index >= 15 is 0 Å². The highest BCUT2D eigenvalue weighted by Gasteiger charge is 2.43. The molecule has 1 unspecified atom stereocenters. The Balaban J connectivity index is 1.57. The first-order valence-corrected chi connectivity index (χ1v) is 20.2. The minimum absolute atomic E-state index is 0.00267. The van der Waals surface area contributed by atoms with E-state index in [2.05, 4.69) is 26.8 Å². The molecule has 0 radical (unpaired) electrons. The number of hydrogen-bond donors (Lipinski definition) is 2. The number of aliphatic hydroxyl groups is 1. The first-order chi connectivity index (χ1) is 19.8. The highest BCUT2D eigenvalue weighted by atomic mass is 35.5. The third-order valence-electron chi connectivity index (χ3n) is 9.59. The Labute approximate surface area is 264 Å². The lowest BCUT2D eigenvalue weighted by Crippen LogP contribution is -2.39. The quantitative estimate of drug-likeness (QED) is 0.0820. The number of hydrogen-bond acceptors (Lipinski definition) is 7. The van der Waals surface area contributed by atoms with Gasteiger partial charge in [-0.15, -0.1) is 22.9 Å². The summed E-state index contributed by atoms with van der Waals surface area (Å²) >= 11 is 8.45. The number of rotatable bonds is 16. The molecule has 1 aliphatic heterocycles. The first-order valence-electron chi connectivity index (χ1n) is 16.0. The molecule has 3 rings (SSSR count). The normalized spacial score (nSPS) is 26.9. The topological polar surface area (TPSA) is 85.2 Å². The van der Waals surface area contributed by atoms with Gasteiger partial charge < -0.3 is 24.1 Å². The summed E-state index contributed by atoms with van der Waals surface area (Å²) in [5.74, 6) is 0.590. The summed E-state index contributed by atoms with van der Waals surface area (Å²) in [6.07, 6.45) is 13.9. The van der Waals surface area contributed by atoms with E-state index in [4.69, 9.17) is 25.8 Å². The minimum atomic E-state index is -2.22. The van der Waals surface area contributed by atoms with Crippen LogP contribution in [0.1, 0.15) is 99.5 Å². The zero-order valence-electron chi connectivity index (χ0n) is 26.6. The molecule has 2 N–H and O–H groups in total. The lowest BCUT2D eigenvalue weighted by atomic mass is 9.88. The molecule has 2 aliphatic rings. The summed E-state index contributed by atoms with van der Waals surface area (Å²) < 4.78 is 17.2. The van der Waals surface area contributed by atoms with Crippen molar-refractivity contribution in [3.8, 4) is 0 Å². The van der Waals surface area contributed by atoms with Crippen LogP contribution in [0.5, 0.6) is 0 Å². The van der Waals surface area contributed by atoms with E-state index in [0.29, 0.717) is 10.8 Å². The Bertz CT molecular complexity index is 985. The molecule has 0 amide bonds. The number of ether oxygens (including phenoxy) is 3. The van der Waals surface area contributed by atoms with Crippen molar-refractivity contribution in [1.29, 1.82) is 0 Å². The number of carbonyl (C=O) groups is 1. The molecule has 7 atom stereocenters. The number of aryl methyl sites for hydroxylation is 1. The second-order valence-corrected chi connectivity index (χ2v) is 19.9. The standard InChI is InChI=1S/C33H55ClO6SSi/c1-23(22-33(2,3)42(5,6)37)11-9-12-24(35)16-18-27-26(14-10-13-25-17-19-30(41-25)32(36)38-4)28(34)21-29(27)40-31-15-7-8-20-39-31/h16-19,23-24,26-29,31,35,37H,7-15,20-22H2,1-6H3/b18-16+/t23-,24-,26+,27+,28+,29+,31?/m0/s1. The van der Waals surface area contributed by atoms with Crippen LogP contribution < -0.4 is 0 Å². The van der Waals surface area contributed by atoms with Crippen LogP contribution in [0.3, 0.4) is 0 Å². The summed E-state index contributed by atoms with van der Waals surface area (Å²) in [5, 5.41) is 10.9.